The van der Waals surface area contributed by atoms with E-state index in [1.54, 1.807) is 19.9 Å². The summed E-state index contributed by atoms with van der Waals surface area (Å²) >= 11 is 6.55. The largest absolute Gasteiger partial charge is 0.488 e. The minimum atomic E-state index is -1.35. The summed E-state index contributed by atoms with van der Waals surface area (Å²) in [6, 6.07) is 16.0. The van der Waals surface area contributed by atoms with E-state index in [1.807, 2.05) is 52.3 Å². The maximum atomic E-state index is 14.9. The Bertz CT molecular complexity index is 1860. The van der Waals surface area contributed by atoms with Crippen molar-refractivity contribution in [1.29, 1.82) is 0 Å². The van der Waals surface area contributed by atoms with Crippen LogP contribution in [-0.2, 0) is 27.3 Å². The number of hydrogen-bond acceptors (Lipinski definition) is 5. The molecule has 1 saturated carbocycles. The molecule has 8 nitrogen and oxygen atoms in total. The summed E-state index contributed by atoms with van der Waals surface area (Å²) in [7, 11) is 0. The highest BCUT2D eigenvalue weighted by molar-refractivity contribution is 6.31. The molecular formula is C40H43ClF3N3O5. The highest BCUT2D eigenvalue weighted by atomic mass is 35.5. The molecule has 2 bridgehead atoms. The predicted molar refractivity (Wildman–Crippen MR) is 191 cm³/mol. The van der Waals surface area contributed by atoms with Crippen molar-refractivity contribution >= 4 is 35.0 Å². The number of carbonyl (C=O) groups is 3. The van der Waals surface area contributed by atoms with Crippen LogP contribution in [0.4, 0.5) is 13.2 Å². The predicted octanol–water partition coefficient (Wildman–Crippen LogP) is 7.18. The summed E-state index contributed by atoms with van der Waals surface area (Å²) in [6.45, 7) is 4.44. The summed E-state index contributed by atoms with van der Waals surface area (Å²) in [5.74, 6) is -5.52. The van der Waals surface area contributed by atoms with Crippen molar-refractivity contribution < 1.29 is 37.4 Å². The third kappa shape index (κ3) is 8.15. The molecule has 2 heterocycles. The Labute approximate surface area is 306 Å². The molecule has 3 aliphatic rings. The van der Waals surface area contributed by atoms with E-state index in [0.717, 1.165) is 41.2 Å². The van der Waals surface area contributed by atoms with Crippen molar-refractivity contribution in [3.8, 4) is 5.75 Å². The molecule has 1 aliphatic carbocycles. The first-order chi connectivity index (χ1) is 24.9. The molecule has 0 radical (unpaired) electrons. The van der Waals surface area contributed by atoms with Crippen LogP contribution in [0.2, 0.25) is 5.02 Å². The van der Waals surface area contributed by atoms with Crippen LogP contribution < -0.4 is 10.1 Å². The quantitative estimate of drug-likeness (QED) is 0.134. The monoisotopic (exact) mass is 737 g/mol. The van der Waals surface area contributed by atoms with Crippen LogP contribution in [0.15, 0.2) is 66.2 Å². The molecule has 2 aliphatic heterocycles. The van der Waals surface area contributed by atoms with E-state index >= 15 is 0 Å². The fourth-order valence-electron chi connectivity index (χ4n) is 7.06. The number of carboxylic acids is 1. The van der Waals surface area contributed by atoms with Crippen LogP contribution >= 0.6 is 11.6 Å². The Hall–Kier alpha value is -4.35. The maximum Gasteiger partial charge on any atom is 0.309 e. The molecule has 3 aromatic rings. The second kappa shape index (κ2) is 15.7. The van der Waals surface area contributed by atoms with Gasteiger partial charge < -0.3 is 25.0 Å². The van der Waals surface area contributed by atoms with E-state index in [2.05, 4.69) is 5.32 Å². The number of amides is 2. The molecule has 3 aromatic carbocycles. The summed E-state index contributed by atoms with van der Waals surface area (Å²) in [5.41, 5.74) is 2.98. The fourth-order valence-corrected chi connectivity index (χ4v) is 7.25. The first kappa shape index (κ1) is 37.4. The number of carboxylic acid groups (broad SMARTS) is 1. The molecule has 12 heteroatoms. The van der Waals surface area contributed by atoms with Crippen LogP contribution in [0.25, 0.3) is 5.57 Å². The van der Waals surface area contributed by atoms with Crippen molar-refractivity contribution in [3.63, 3.8) is 0 Å². The lowest BCUT2D eigenvalue weighted by Crippen LogP contribution is -2.63. The number of hydrogen-bond donors (Lipinski definition) is 2. The fraction of sp³-hybridized carbons (Fsp3) is 0.425. The minimum absolute atomic E-state index is 0.0187. The topological polar surface area (TPSA) is 99.2 Å². The molecule has 6 rings (SSSR count). The van der Waals surface area contributed by atoms with Gasteiger partial charge in [-0.2, -0.15) is 4.39 Å². The summed E-state index contributed by atoms with van der Waals surface area (Å²) < 4.78 is 46.7. The summed E-state index contributed by atoms with van der Waals surface area (Å²) in [5, 5.41) is 13.7. The van der Waals surface area contributed by atoms with Crippen molar-refractivity contribution in [1.82, 2.24) is 15.1 Å². The number of rotatable bonds is 14. The molecule has 52 heavy (non-hydrogen) atoms. The number of nitrogens with one attached hydrogen (secondary N) is 1. The molecule has 2 fully saturated rings. The number of benzene rings is 3. The molecule has 2 amide bonds. The minimum Gasteiger partial charge on any atom is -0.488 e. The van der Waals surface area contributed by atoms with Gasteiger partial charge in [0.25, 0.3) is 5.91 Å². The molecule has 2 atom stereocenters. The standard InChI is InChI=1S/C40H43ClF3N3O5/c1-40(2,39(50)51)18-17-34(48)47-28-20-29(25-11-9-24(10-12-25)6-5-19-52-37-32(43)16-15-31(42)36(37)44)35(33(47)22-45-21-28)38(49)46(27-13-14-27)23-26-7-3-4-8-30(26)41/h3-4,7-12,15-16,27-28,33,45H,5-6,13-14,17-23H2,1-2H3,(H,50,51)/t28-,33-/m1/s1. The Kier molecular flexibility index (Phi) is 11.3. The van der Waals surface area contributed by atoms with Crippen molar-refractivity contribution in [2.45, 2.75) is 83.5 Å². The average Bonchev–Trinajstić information content (AvgIpc) is 3.97. The van der Waals surface area contributed by atoms with Crippen molar-refractivity contribution in [2.75, 3.05) is 19.7 Å². The molecule has 1 saturated heterocycles. The van der Waals surface area contributed by atoms with Crippen LogP contribution in [0.1, 0.15) is 69.1 Å². The lowest BCUT2D eigenvalue weighted by Gasteiger charge is -2.48. The zero-order valence-electron chi connectivity index (χ0n) is 29.3. The number of ether oxygens (including phenoxy) is 1. The number of piperazine rings is 1. The lowest BCUT2D eigenvalue weighted by atomic mass is 9.80. The molecule has 0 aromatic heterocycles. The van der Waals surface area contributed by atoms with Gasteiger partial charge in [-0.1, -0.05) is 54.1 Å². The van der Waals surface area contributed by atoms with Gasteiger partial charge in [0.15, 0.2) is 17.4 Å². The van der Waals surface area contributed by atoms with E-state index in [-0.39, 0.29) is 43.3 Å². The maximum absolute atomic E-state index is 14.9. The van der Waals surface area contributed by atoms with E-state index in [9.17, 15) is 32.7 Å². The molecule has 0 unspecified atom stereocenters. The highest BCUT2D eigenvalue weighted by Crippen LogP contribution is 2.41. The number of aryl methyl sites for hydroxylation is 1. The van der Waals surface area contributed by atoms with Crippen LogP contribution in [-0.4, -0.2) is 70.5 Å². The van der Waals surface area contributed by atoms with Gasteiger partial charge in [-0.25, -0.2) is 8.78 Å². The molecule has 276 valence electrons. The number of halogens is 4. The second-order valence-corrected chi connectivity index (χ2v) is 14.9. The van der Waals surface area contributed by atoms with Gasteiger partial charge >= 0.3 is 5.97 Å². The van der Waals surface area contributed by atoms with Gasteiger partial charge in [0.1, 0.15) is 0 Å². The summed E-state index contributed by atoms with van der Waals surface area (Å²) in [4.78, 5) is 44.3. The van der Waals surface area contributed by atoms with E-state index in [0.29, 0.717) is 55.6 Å². The number of aliphatic carboxylic acids is 1. The van der Waals surface area contributed by atoms with Crippen LogP contribution in [0, 0.1) is 22.9 Å². The van der Waals surface area contributed by atoms with Gasteiger partial charge in [0.05, 0.1) is 18.1 Å². The summed E-state index contributed by atoms with van der Waals surface area (Å²) in [6.07, 6.45) is 3.34. The first-order valence-corrected chi connectivity index (χ1v) is 18.1. The lowest BCUT2D eigenvalue weighted by molar-refractivity contribution is -0.148. The van der Waals surface area contributed by atoms with Gasteiger partial charge in [-0.3, -0.25) is 14.4 Å². The van der Waals surface area contributed by atoms with Crippen molar-refractivity contribution in [3.05, 3.63) is 105 Å². The molecular weight excluding hydrogens is 695 g/mol. The number of nitrogens with zero attached hydrogens (tertiary/aromatic N) is 2. The third-order valence-corrected chi connectivity index (χ3v) is 10.7. The average molecular weight is 738 g/mol. The number of fused-ring (bicyclic) bond motifs is 2. The van der Waals surface area contributed by atoms with Crippen LogP contribution in [0.3, 0.4) is 0 Å². The zero-order valence-corrected chi connectivity index (χ0v) is 30.0. The third-order valence-electron chi connectivity index (χ3n) is 10.3. The Morgan fingerprint density at radius 3 is 2.40 bits per heavy atom. The molecule has 0 spiro atoms. The Balaban J connectivity index is 1.27. The second-order valence-electron chi connectivity index (χ2n) is 14.5. The van der Waals surface area contributed by atoms with E-state index < -0.39 is 40.6 Å². The van der Waals surface area contributed by atoms with E-state index in [1.165, 1.54) is 0 Å². The van der Waals surface area contributed by atoms with Gasteiger partial charge in [-0.15, -0.1) is 0 Å². The van der Waals surface area contributed by atoms with Gasteiger partial charge in [-0.05, 0) is 92.8 Å². The number of carbonyl (C=O) groups excluding carboxylic acids is 2. The smallest absolute Gasteiger partial charge is 0.309 e. The highest BCUT2D eigenvalue weighted by Gasteiger charge is 2.47. The van der Waals surface area contributed by atoms with Gasteiger partial charge in [0, 0.05) is 48.7 Å². The Morgan fingerprint density at radius 2 is 1.71 bits per heavy atom. The normalized spacial score (nSPS) is 18.7. The van der Waals surface area contributed by atoms with Crippen LogP contribution in [0.5, 0.6) is 5.75 Å². The SMILES string of the molecule is CC(C)(CCC(=O)N1[C@H]2CNC[C@@H]1C(C(=O)N(Cc1ccccc1Cl)C1CC1)=C(c1ccc(CCCOc3c(F)ccc(F)c3F)cc1)C2)C(=O)O. The first-order valence-electron chi connectivity index (χ1n) is 17.7. The van der Waals surface area contributed by atoms with E-state index in [4.69, 9.17) is 16.3 Å². The molecule has 2 N–H and O–H groups in total. The van der Waals surface area contributed by atoms with Gasteiger partial charge in [0.2, 0.25) is 11.7 Å². The Morgan fingerprint density at radius 1 is 1.00 bits per heavy atom. The van der Waals surface area contributed by atoms with Crippen molar-refractivity contribution in [2.24, 2.45) is 5.41 Å². The zero-order chi connectivity index (χ0) is 37.2.